The van der Waals surface area contributed by atoms with Crippen molar-refractivity contribution in [2.24, 2.45) is 4.99 Å². The number of hydrogen-bond acceptors (Lipinski definition) is 2. The summed E-state index contributed by atoms with van der Waals surface area (Å²) in [4.78, 5) is 4.64. The van der Waals surface area contributed by atoms with E-state index in [1.807, 2.05) is 66.7 Å². The van der Waals surface area contributed by atoms with Gasteiger partial charge in [-0.1, -0.05) is 66.2 Å². The van der Waals surface area contributed by atoms with Gasteiger partial charge in [0.1, 0.15) is 5.75 Å². The van der Waals surface area contributed by atoms with Crippen molar-refractivity contribution in [2.75, 3.05) is 0 Å². The highest BCUT2D eigenvalue weighted by molar-refractivity contribution is 9.10. The van der Waals surface area contributed by atoms with E-state index < -0.39 is 0 Å². The minimum atomic E-state index is 0.173. The molecule has 0 spiro atoms. The molecule has 0 saturated heterocycles. The van der Waals surface area contributed by atoms with Gasteiger partial charge in [0, 0.05) is 22.2 Å². The van der Waals surface area contributed by atoms with Crippen molar-refractivity contribution in [3.8, 4) is 5.75 Å². The van der Waals surface area contributed by atoms with E-state index in [1.54, 1.807) is 6.21 Å². The molecule has 0 radical (unpaired) electrons. The van der Waals surface area contributed by atoms with E-state index in [1.165, 1.54) is 0 Å². The van der Waals surface area contributed by atoms with E-state index >= 15 is 0 Å². The average Bonchev–Trinajstić information content (AvgIpc) is 2.71. The third-order valence-corrected chi connectivity index (χ3v) is 5.59. The van der Waals surface area contributed by atoms with Gasteiger partial charge in [-0.25, -0.2) is 0 Å². The molecule has 0 heterocycles. The smallest absolute Gasteiger partial charge is 0.138 e. The summed E-state index contributed by atoms with van der Waals surface area (Å²) in [6.07, 6.45) is 2.38. The Hall–Kier alpha value is -2.62. The van der Waals surface area contributed by atoms with Gasteiger partial charge in [0.05, 0.1) is 10.2 Å². The Morgan fingerprint density at radius 1 is 0.929 bits per heavy atom. The van der Waals surface area contributed by atoms with Crippen molar-refractivity contribution < 1.29 is 5.11 Å². The SMILES string of the molecule is Oc1c(Br)cc(Cc2ccccc2Cl)cc1C=Nc1cccc2ccccc12. The van der Waals surface area contributed by atoms with Gasteiger partial charge < -0.3 is 5.11 Å². The number of phenolic OH excluding ortho intramolecular Hbond substituents is 1. The molecule has 0 fully saturated rings. The molecule has 4 aromatic carbocycles. The third kappa shape index (κ3) is 3.96. The van der Waals surface area contributed by atoms with Crippen LogP contribution in [0.5, 0.6) is 5.75 Å². The highest BCUT2D eigenvalue weighted by Crippen LogP contribution is 2.31. The normalized spacial score (nSPS) is 11.4. The average molecular weight is 451 g/mol. The van der Waals surface area contributed by atoms with Gasteiger partial charge in [0.25, 0.3) is 0 Å². The van der Waals surface area contributed by atoms with Crippen LogP contribution in [0.1, 0.15) is 16.7 Å². The van der Waals surface area contributed by atoms with E-state index in [-0.39, 0.29) is 5.75 Å². The zero-order valence-electron chi connectivity index (χ0n) is 14.9. The molecule has 28 heavy (non-hydrogen) atoms. The van der Waals surface area contributed by atoms with Gasteiger partial charge in [-0.2, -0.15) is 0 Å². The van der Waals surface area contributed by atoms with Crippen LogP contribution in [0.25, 0.3) is 10.8 Å². The summed E-state index contributed by atoms with van der Waals surface area (Å²) in [5.74, 6) is 0.173. The lowest BCUT2D eigenvalue weighted by atomic mass is 10.0. The van der Waals surface area contributed by atoms with E-state index in [0.29, 0.717) is 16.5 Å². The van der Waals surface area contributed by atoms with Crippen LogP contribution < -0.4 is 0 Å². The van der Waals surface area contributed by atoms with Crippen LogP contribution in [0.3, 0.4) is 0 Å². The maximum atomic E-state index is 10.5. The number of benzene rings is 4. The second-order valence-corrected chi connectivity index (χ2v) is 7.80. The molecular weight excluding hydrogens is 434 g/mol. The molecular formula is C24H17BrClNO. The van der Waals surface area contributed by atoms with Crippen molar-refractivity contribution in [2.45, 2.75) is 6.42 Å². The van der Waals surface area contributed by atoms with Crippen molar-refractivity contribution in [3.63, 3.8) is 0 Å². The van der Waals surface area contributed by atoms with Crippen LogP contribution in [-0.4, -0.2) is 11.3 Å². The first-order chi connectivity index (χ1) is 13.6. The quantitative estimate of drug-likeness (QED) is 0.325. The number of rotatable bonds is 4. The second-order valence-electron chi connectivity index (χ2n) is 6.54. The van der Waals surface area contributed by atoms with Crippen molar-refractivity contribution >= 4 is 50.2 Å². The summed E-state index contributed by atoms with van der Waals surface area (Å²) < 4.78 is 0.636. The summed E-state index contributed by atoms with van der Waals surface area (Å²) in [6.45, 7) is 0. The lowest BCUT2D eigenvalue weighted by Gasteiger charge is -2.09. The first-order valence-corrected chi connectivity index (χ1v) is 10.1. The van der Waals surface area contributed by atoms with E-state index in [9.17, 15) is 5.11 Å². The van der Waals surface area contributed by atoms with E-state index in [2.05, 4.69) is 33.1 Å². The van der Waals surface area contributed by atoms with Crippen molar-refractivity contribution in [1.82, 2.24) is 0 Å². The van der Waals surface area contributed by atoms with E-state index in [4.69, 9.17) is 11.6 Å². The van der Waals surface area contributed by atoms with Crippen LogP contribution >= 0.6 is 27.5 Å². The second kappa shape index (κ2) is 8.17. The Morgan fingerprint density at radius 2 is 1.68 bits per heavy atom. The lowest BCUT2D eigenvalue weighted by Crippen LogP contribution is -1.93. The summed E-state index contributed by atoms with van der Waals surface area (Å²) >= 11 is 9.74. The number of aliphatic imine (C=N–C) groups is 1. The Bertz CT molecular complexity index is 1180. The molecule has 0 atom stereocenters. The summed E-state index contributed by atoms with van der Waals surface area (Å²) in [6, 6.07) is 25.8. The summed E-state index contributed by atoms with van der Waals surface area (Å²) in [7, 11) is 0. The fourth-order valence-electron chi connectivity index (χ4n) is 3.20. The number of phenols is 1. The fourth-order valence-corrected chi connectivity index (χ4v) is 3.93. The Balaban J connectivity index is 1.70. The molecule has 0 amide bonds. The van der Waals surface area contributed by atoms with E-state index in [0.717, 1.165) is 32.6 Å². The van der Waals surface area contributed by atoms with Gasteiger partial charge in [-0.3, -0.25) is 4.99 Å². The predicted octanol–water partition coefficient (Wildman–Crippen LogP) is 7.30. The molecule has 1 N–H and O–H groups in total. The molecule has 4 rings (SSSR count). The van der Waals surface area contributed by atoms with Gasteiger partial charge in [0.15, 0.2) is 0 Å². The largest absolute Gasteiger partial charge is 0.506 e. The number of hydrogen-bond donors (Lipinski definition) is 1. The number of halogens is 2. The number of aromatic hydroxyl groups is 1. The Kier molecular flexibility index (Phi) is 5.47. The Morgan fingerprint density at radius 3 is 2.54 bits per heavy atom. The molecule has 4 aromatic rings. The van der Waals surface area contributed by atoms with Crippen LogP contribution in [0, 0.1) is 0 Å². The topological polar surface area (TPSA) is 32.6 Å². The monoisotopic (exact) mass is 449 g/mol. The molecule has 0 bridgehead atoms. The van der Waals surface area contributed by atoms with Gasteiger partial charge >= 0.3 is 0 Å². The van der Waals surface area contributed by atoms with Crippen LogP contribution in [0.2, 0.25) is 5.02 Å². The maximum Gasteiger partial charge on any atom is 0.138 e. The summed E-state index contributed by atoms with van der Waals surface area (Å²) in [5.41, 5.74) is 3.60. The minimum absolute atomic E-state index is 0.173. The predicted molar refractivity (Wildman–Crippen MR) is 121 cm³/mol. The van der Waals surface area contributed by atoms with Crippen molar-refractivity contribution in [1.29, 1.82) is 0 Å². The standard InChI is InChI=1S/C24H17BrClNO/c25-21-14-16(12-18-7-2-4-10-22(18)26)13-19(24(21)28)15-27-23-11-5-8-17-6-1-3-9-20(17)23/h1-11,13-15,28H,12H2. The molecule has 0 aromatic heterocycles. The van der Waals surface area contributed by atoms with Crippen LogP contribution in [0.15, 0.2) is 88.3 Å². The molecule has 138 valence electrons. The van der Waals surface area contributed by atoms with Crippen LogP contribution in [-0.2, 0) is 6.42 Å². The number of fused-ring (bicyclic) bond motifs is 1. The lowest BCUT2D eigenvalue weighted by molar-refractivity contribution is 0.471. The molecule has 0 aliphatic rings. The molecule has 0 aliphatic carbocycles. The van der Waals surface area contributed by atoms with Gasteiger partial charge in [0.2, 0.25) is 0 Å². The molecule has 0 saturated carbocycles. The summed E-state index contributed by atoms with van der Waals surface area (Å²) in [5, 5.41) is 13.4. The molecule has 4 heteroatoms. The first-order valence-electron chi connectivity index (χ1n) is 8.88. The molecule has 2 nitrogen and oxygen atoms in total. The number of nitrogens with zero attached hydrogens (tertiary/aromatic N) is 1. The van der Waals surface area contributed by atoms with Gasteiger partial charge in [-0.15, -0.1) is 0 Å². The highest BCUT2D eigenvalue weighted by Gasteiger charge is 2.09. The molecule has 0 unspecified atom stereocenters. The first kappa shape index (κ1) is 18.7. The zero-order chi connectivity index (χ0) is 19.5. The minimum Gasteiger partial charge on any atom is -0.506 e. The third-order valence-electron chi connectivity index (χ3n) is 4.61. The van der Waals surface area contributed by atoms with Crippen LogP contribution in [0.4, 0.5) is 5.69 Å². The zero-order valence-corrected chi connectivity index (χ0v) is 17.3. The fraction of sp³-hybridized carbons (Fsp3) is 0.0417. The Labute approximate surface area is 177 Å². The van der Waals surface area contributed by atoms with Gasteiger partial charge in [-0.05, 0) is 63.1 Å². The molecule has 0 aliphatic heterocycles. The van der Waals surface area contributed by atoms with Crippen molar-refractivity contribution in [3.05, 3.63) is 105 Å². The maximum absolute atomic E-state index is 10.5. The highest BCUT2D eigenvalue weighted by atomic mass is 79.9.